The van der Waals surface area contributed by atoms with Crippen molar-refractivity contribution in [3.63, 3.8) is 0 Å². The van der Waals surface area contributed by atoms with Gasteiger partial charge in [-0.05, 0) is 48.6 Å². The molecule has 0 atom stereocenters. The summed E-state index contributed by atoms with van der Waals surface area (Å²) in [5, 5.41) is 7.27. The minimum Gasteiger partial charge on any atom is -0.356 e. The minimum absolute atomic E-state index is 0. The maximum Gasteiger partial charge on any atom is 0.191 e. The van der Waals surface area contributed by atoms with Gasteiger partial charge in [-0.3, -0.25) is 4.99 Å². The Morgan fingerprint density at radius 1 is 1.19 bits per heavy atom. The van der Waals surface area contributed by atoms with Gasteiger partial charge in [0.25, 0.3) is 0 Å². The van der Waals surface area contributed by atoms with Crippen molar-refractivity contribution < 1.29 is 4.39 Å². The van der Waals surface area contributed by atoms with Crippen LogP contribution >= 0.6 is 35.6 Å². The molecule has 0 radical (unpaired) electrons. The molecule has 1 saturated carbocycles. The first kappa shape index (κ1) is 21.9. The fourth-order valence-corrected chi connectivity index (χ4v) is 3.44. The van der Waals surface area contributed by atoms with Crippen molar-refractivity contribution in [2.75, 3.05) is 20.1 Å². The molecule has 1 aliphatic carbocycles. The van der Waals surface area contributed by atoms with Crippen LogP contribution in [0.25, 0.3) is 0 Å². The Labute approximate surface area is 182 Å². The highest BCUT2D eigenvalue weighted by atomic mass is 127. The monoisotopic (exact) mass is 502 g/mol. The molecule has 0 bridgehead atoms. The van der Waals surface area contributed by atoms with Crippen molar-refractivity contribution in [2.45, 2.75) is 31.1 Å². The smallest absolute Gasteiger partial charge is 0.191 e. The summed E-state index contributed by atoms with van der Waals surface area (Å²) in [5.41, 5.74) is 2.39. The molecule has 7 heteroatoms. The molecule has 0 aliphatic heterocycles. The third-order valence-electron chi connectivity index (χ3n) is 5.08. The van der Waals surface area contributed by atoms with Crippen molar-refractivity contribution in [3.8, 4) is 0 Å². The van der Waals surface area contributed by atoms with Crippen molar-refractivity contribution >= 4 is 41.5 Å². The molecule has 2 N–H and O–H groups in total. The third kappa shape index (κ3) is 5.78. The molecule has 4 nitrogen and oxygen atoms in total. The summed E-state index contributed by atoms with van der Waals surface area (Å²) >= 11 is 5.80. The molecule has 1 aromatic heterocycles. The second-order valence-electron chi connectivity index (χ2n) is 6.73. The molecular weight excluding hydrogens is 478 g/mol. The van der Waals surface area contributed by atoms with E-state index in [2.05, 4.69) is 20.6 Å². The van der Waals surface area contributed by atoms with E-state index < -0.39 is 0 Å². The van der Waals surface area contributed by atoms with E-state index in [1.165, 1.54) is 12.0 Å². The normalized spacial score (nSPS) is 15.4. The number of hydrogen-bond donors (Lipinski definition) is 2. The zero-order valence-electron chi connectivity index (χ0n) is 15.3. The van der Waals surface area contributed by atoms with Crippen molar-refractivity contribution in [1.29, 1.82) is 0 Å². The van der Waals surface area contributed by atoms with Gasteiger partial charge in [0.05, 0.1) is 0 Å². The van der Waals surface area contributed by atoms with Crippen LogP contribution in [0.4, 0.5) is 4.39 Å². The maximum atomic E-state index is 13.2. The third-order valence-corrected chi connectivity index (χ3v) is 5.30. The number of benzene rings is 1. The van der Waals surface area contributed by atoms with Gasteiger partial charge >= 0.3 is 0 Å². The van der Waals surface area contributed by atoms with Gasteiger partial charge in [-0.1, -0.05) is 36.2 Å². The number of hydrogen-bond acceptors (Lipinski definition) is 2. The van der Waals surface area contributed by atoms with E-state index in [0.717, 1.165) is 43.9 Å². The number of halogens is 3. The Balaban J connectivity index is 0.00000261. The first-order chi connectivity index (χ1) is 12.6. The largest absolute Gasteiger partial charge is 0.356 e. The SMILES string of the molecule is CN=C(NCCc1ccc(Cl)nc1)NCC1(c2ccc(F)cc2)CCC1.I. The first-order valence-corrected chi connectivity index (χ1v) is 9.30. The minimum atomic E-state index is -0.189. The van der Waals surface area contributed by atoms with E-state index in [1.54, 1.807) is 31.4 Å². The average molecular weight is 503 g/mol. The zero-order valence-corrected chi connectivity index (χ0v) is 18.4. The molecule has 1 heterocycles. The van der Waals surface area contributed by atoms with E-state index in [0.29, 0.717) is 5.15 Å². The standard InChI is InChI=1S/C20H24ClFN4.HI/c1-23-19(24-12-9-15-3-8-18(21)25-13-15)26-14-20(10-2-11-20)16-4-6-17(22)7-5-16;/h3-8,13H,2,9-12,14H2,1H3,(H2,23,24,26);1H. The van der Waals surface area contributed by atoms with Crippen LogP contribution in [0.15, 0.2) is 47.6 Å². The molecule has 27 heavy (non-hydrogen) atoms. The van der Waals surface area contributed by atoms with Gasteiger partial charge in [0.1, 0.15) is 11.0 Å². The topological polar surface area (TPSA) is 49.3 Å². The van der Waals surface area contributed by atoms with Crippen LogP contribution in [0.5, 0.6) is 0 Å². The maximum absolute atomic E-state index is 13.2. The Bertz CT molecular complexity index is 746. The highest BCUT2D eigenvalue weighted by Gasteiger charge is 2.38. The lowest BCUT2D eigenvalue weighted by Crippen LogP contribution is -2.49. The number of pyridine rings is 1. The molecule has 1 aliphatic rings. The Morgan fingerprint density at radius 3 is 2.48 bits per heavy atom. The van der Waals surface area contributed by atoms with E-state index in [1.807, 2.05) is 18.2 Å². The van der Waals surface area contributed by atoms with Crippen molar-refractivity contribution in [3.05, 3.63) is 64.7 Å². The summed E-state index contributed by atoms with van der Waals surface area (Å²) in [7, 11) is 1.77. The van der Waals surface area contributed by atoms with Crippen LogP contribution in [-0.2, 0) is 11.8 Å². The molecule has 0 saturated heterocycles. The summed E-state index contributed by atoms with van der Waals surface area (Å²) in [5.74, 6) is 0.589. The summed E-state index contributed by atoms with van der Waals surface area (Å²) in [6.45, 7) is 1.55. The van der Waals surface area contributed by atoms with Gasteiger partial charge in [0, 0.05) is 31.7 Å². The molecule has 3 rings (SSSR count). The van der Waals surface area contributed by atoms with Crippen LogP contribution in [0.2, 0.25) is 5.15 Å². The number of rotatable bonds is 6. The number of nitrogens with one attached hydrogen (secondary N) is 2. The number of aromatic nitrogens is 1. The molecule has 0 amide bonds. The highest BCUT2D eigenvalue weighted by molar-refractivity contribution is 14.0. The lowest BCUT2D eigenvalue weighted by atomic mass is 9.64. The number of guanidine groups is 1. The van der Waals surface area contributed by atoms with Crippen LogP contribution in [0.1, 0.15) is 30.4 Å². The zero-order chi connectivity index (χ0) is 18.4. The Kier molecular flexibility index (Phi) is 8.28. The Morgan fingerprint density at radius 2 is 1.93 bits per heavy atom. The second kappa shape index (κ2) is 10.2. The molecule has 146 valence electrons. The molecule has 1 fully saturated rings. The van der Waals surface area contributed by atoms with Gasteiger partial charge in [-0.2, -0.15) is 0 Å². The summed E-state index contributed by atoms with van der Waals surface area (Å²) in [6, 6.07) is 10.7. The lowest BCUT2D eigenvalue weighted by Gasteiger charge is -2.43. The molecule has 0 spiro atoms. The van der Waals surface area contributed by atoms with Crippen molar-refractivity contribution in [1.82, 2.24) is 15.6 Å². The van der Waals surface area contributed by atoms with Crippen LogP contribution in [0, 0.1) is 5.82 Å². The predicted molar refractivity (Wildman–Crippen MR) is 120 cm³/mol. The lowest BCUT2D eigenvalue weighted by molar-refractivity contribution is 0.243. The summed E-state index contributed by atoms with van der Waals surface area (Å²) in [4.78, 5) is 8.39. The second-order valence-corrected chi connectivity index (χ2v) is 7.12. The number of aliphatic imine (C=N–C) groups is 1. The predicted octanol–water partition coefficient (Wildman–Crippen LogP) is 4.32. The first-order valence-electron chi connectivity index (χ1n) is 8.92. The molecule has 0 unspecified atom stereocenters. The fraction of sp³-hybridized carbons (Fsp3) is 0.400. The van der Waals surface area contributed by atoms with E-state index in [-0.39, 0.29) is 35.2 Å². The van der Waals surface area contributed by atoms with Gasteiger partial charge in [-0.25, -0.2) is 9.37 Å². The van der Waals surface area contributed by atoms with E-state index >= 15 is 0 Å². The van der Waals surface area contributed by atoms with E-state index in [4.69, 9.17) is 11.6 Å². The quantitative estimate of drug-likeness (QED) is 0.268. The van der Waals surface area contributed by atoms with Gasteiger partial charge in [0.15, 0.2) is 5.96 Å². The van der Waals surface area contributed by atoms with Gasteiger partial charge in [-0.15, -0.1) is 24.0 Å². The Hall–Kier alpha value is -1.41. The van der Waals surface area contributed by atoms with Gasteiger partial charge in [0.2, 0.25) is 0 Å². The van der Waals surface area contributed by atoms with E-state index in [9.17, 15) is 4.39 Å². The van der Waals surface area contributed by atoms with Crippen LogP contribution in [0.3, 0.4) is 0 Å². The summed E-state index contributed by atoms with van der Waals surface area (Å²) in [6.07, 6.45) is 6.05. The van der Waals surface area contributed by atoms with Crippen LogP contribution < -0.4 is 10.6 Å². The molecule has 1 aromatic carbocycles. The number of nitrogens with zero attached hydrogens (tertiary/aromatic N) is 2. The molecule has 2 aromatic rings. The average Bonchev–Trinajstić information content (AvgIpc) is 2.62. The summed E-state index contributed by atoms with van der Waals surface area (Å²) < 4.78 is 13.2. The fourth-order valence-electron chi connectivity index (χ4n) is 3.33. The van der Waals surface area contributed by atoms with Crippen molar-refractivity contribution in [2.24, 2.45) is 4.99 Å². The molecular formula is C20H25ClFIN4. The highest BCUT2D eigenvalue weighted by Crippen LogP contribution is 2.43. The van der Waals surface area contributed by atoms with Gasteiger partial charge < -0.3 is 10.6 Å². The van der Waals surface area contributed by atoms with Crippen LogP contribution in [-0.4, -0.2) is 31.1 Å².